The molecule has 2 aromatic heterocycles. The van der Waals surface area contributed by atoms with Gasteiger partial charge in [0.1, 0.15) is 11.3 Å². The zero-order valence-corrected chi connectivity index (χ0v) is 14.0. The van der Waals surface area contributed by atoms with E-state index in [0.717, 1.165) is 5.39 Å². The molecule has 0 aliphatic rings. The molecule has 2 aromatic carbocycles. The Morgan fingerprint density at radius 2 is 1.70 bits per heavy atom. The molecule has 0 aliphatic heterocycles. The molecular formula is C20H14N4O3. The van der Waals surface area contributed by atoms with Crippen LogP contribution in [0.4, 0.5) is 5.69 Å². The number of benzene rings is 2. The molecule has 4 rings (SSSR count). The van der Waals surface area contributed by atoms with Crippen LogP contribution in [0.25, 0.3) is 10.9 Å². The van der Waals surface area contributed by atoms with Crippen LogP contribution in [0.1, 0.15) is 10.4 Å². The molecule has 0 fully saturated rings. The summed E-state index contributed by atoms with van der Waals surface area (Å²) in [6.45, 7) is 0. The van der Waals surface area contributed by atoms with Gasteiger partial charge in [-0.2, -0.15) is 0 Å². The quantitative estimate of drug-likeness (QED) is 0.583. The van der Waals surface area contributed by atoms with Crippen molar-refractivity contribution in [1.82, 2.24) is 15.0 Å². The third-order valence-electron chi connectivity index (χ3n) is 3.86. The predicted octanol–water partition coefficient (Wildman–Crippen LogP) is 3.36. The van der Waals surface area contributed by atoms with Crippen LogP contribution < -0.4 is 15.6 Å². The number of H-pyrrole nitrogens is 1. The summed E-state index contributed by atoms with van der Waals surface area (Å²) in [5.41, 5.74) is 0.830. The maximum absolute atomic E-state index is 12.5. The van der Waals surface area contributed by atoms with Crippen molar-refractivity contribution in [2.75, 3.05) is 5.32 Å². The molecule has 0 saturated heterocycles. The van der Waals surface area contributed by atoms with Gasteiger partial charge in [0.2, 0.25) is 0 Å². The molecule has 0 atom stereocenters. The minimum absolute atomic E-state index is 0.0479. The molecule has 0 spiro atoms. The van der Waals surface area contributed by atoms with E-state index < -0.39 is 11.5 Å². The molecule has 0 radical (unpaired) electrons. The molecule has 0 aliphatic carbocycles. The Bertz CT molecular complexity index is 1160. The highest BCUT2D eigenvalue weighted by Gasteiger charge is 2.12. The fourth-order valence-corrected chi connectivity index (χ4v) is 2.56. The predicted molar refractivity (Wildman–Crippen MR) is 101 cm³/mol. The topological polar surface area (TPSA) is 97.0 Å². The van der Waals surface area contributed by atoms with Gasteiger partial charge in [-0.3, -0.25) is 9.59 Å². The number of carbonyl (C=O) groups is 1. The van der Waals surface area contributed by atoms with Crippen LogP contribution in [0.15, 0.2) is 77.9 Å². The van der Waals surface area contributed by atoms with Crippen molar-refractivity contribution < 1.29 is 9.53 Å². The van der Waals surface area contributed by atoms with Crippen molar-refractivity contribution in [2.45, 2.75) is 0 Å². The highest BCUT2D eigenvalue weighted by Crippen LogP contribution is 2.20. The molecule has 4 aromatic rings. The summed E-state index contributed by atoms with van der Waals surface area (Å²) in [5.74, 6) is 0.0461. The molecular weight excluding hydrogens is 344 g/mol. The Morgan fingerprint density at radius 1 is 0.963 bits per heavy atom. The smallest absolute Gasteiger partial charge is 0.321 e. The third kappa shape index (κ3) is 3.67. The first-order valence-electron chi connectivity index (χ1n) is 8.17. The molecule has 132 valence electrons. The summed E-state index contributed by atoms with van der Waals surface area (Å²) in [4.78, 5) is 35.3. The molecule has 0 bridgehead atoms. The molecule has 7 nitrogen and oxygen atoms in total. The number of anilines is 1. The van der Waals surface area contributed by atoms with Crippen LogP contribution in [0.5, 0.6) is 11.8 Å². The van der Waals surface area contributed by atoms with Crippen LogP contribution in [0.3, 0.4) is 0 Å². The lowest BCUT2D eigenvalue weighted by molar-refractivity contribution is 0.102. The van der Waals surface area contributed by atoms with Gasteiger partial charge in [0.05, 0.1) is 0 Å². The number of aromatic nitrogens is 3. The van der Waals surface area contributed by atoms with E-state index in [1.807, 2.05) is 18.2 Å². The van der Waals surface area contributed by atoms with E-state index in [1.54, 1.807) is 54.9 Å². The summed E-state index contributed by atoms with van der Waals surface area (Å²) in [5, 5.41) is 3.50. The largest absolute Gasteiger partial charge is 0.424 e. The van der Waals surface area contributed by atoms with E-state index in [-0.39, 0.29) is 11.6 Å². The van der Waals surface area contributed by atoms with Crippen molar-refractivity contribution in [3.05, 3.63) is 89.0 Å². The third-order valence-corrected chi connectivity index (χ3v) is 3.86. The lowest BCUT2D eigenvalue weighted by atomic mass is 10.1. The average Bonchev–Trinajstić information content (AvgIpc) is 2.69. The number of pyridine rings is 1. The first-order chi connectivity index (χ1) is 13.2. The number of rotatable bonds is 4. The number of fused-ring (bicyclic) bond motifs is 1. The first-order valence-corrected chi connectivity index (χ1v) is 8.17. The SMILES string of the molecule is O=C(Nc1ccc(Oc2ncccn2)cc1)c1cc2ccccc2[nH]c1=O. The van der Waals surface area contributed by atoms with E-state index in [4.69, 9.17) is 4.74 Å². The van der Waals surface area contributed by atoms with E-state index in [0.29, 0.717) is 17.0 Å². The van der Waals surface area contributed by atoms with Crippen molar-refractivity contribution in [3.8, 4) is 11.8 Å². The van der Waals surface area contributed by atoms with E-state index in [9.17, 15) is 9.59 Å². The molecule has 0 unspecified atom stereocenters. The zero-order chi connectivity index (χ0) is 18.6. The minimum atomic E-state index is -0.484. The van der Waals surface area contributed by atoms with Crippen molar-refractivity contribution in [1.29, 1.82) is 0 Å². The summed E-state index contributed by atoms with van der Waals surface area (Å²) < 4.78 is 5.50. The number of para-hydroxylation sites is 1. The van der Waals surface area contributed by atoms with Gasteiger partial charge in [-0.25, -0.2) is 9.97 Å². The highest BCUT2D eigenvalue weighted by molar-refractivity contribution is 6.05. The molecule has 1 amide bonds. The molecule has 7 heteroatoms. The van der Waals surface area contributed by atoms with Crippen LogP contribution >= 0.6 is 0 Å². The van der Waals surface area contributed by atoms with E-state index in [1.165, 1.54) is 0 Å². The van der Waals surface area contributed by atoms with Crippen molar-refractivity contribution >= 4 is 22.5 Å². The molecule has 0 saturated carbocycles. The lowest BCUT2D eigenvalue weighted by Gasteiger charge is -2.07. The first kappa shape index (κ1) is 16.5. The summed E-state index contributed by atoms with van der Waals surface area (Å²) in [6, 6.07) is 17.5. The lowest BCUT2D eigenvalue weighted by Crippen LogP contribution is -2.22. The van der Waals surface area contributed by atoms with Gasteiger partial charge in [0, 0.05) is 23.6 Å². The zero-order valence-electron chi connectivity index (χ0n) is 14.0. The van der Waals surface area contributed by atoms with Crippen molar-refractivity contribution in [2.24, 2.45) is 0 Å². The van der Waals surface area contributed by atoms with Gasteiger partial charge in [0.15, 0.2) is 0 Å². The number of ether oxygens (including phenoxy) is 1. The molecule has 2 N–H and O–H groups in total. The summed E-state index contributed by atoms with van der Waals surface area (Å²) >= 11 is 0. The number of hydrogen-bond acceptors (Lipinski definition) is 5. The van der Waals surface area contributed by atoms with Gasteiger partial charge in [-0.1, -0.05) is 18.2 Å². The highest BCUT2D eigenvalue weighted by atomic mass is 16.5. The van der Waals surface area contributed by atoms with Crippen LogP contribution in [0.2, 0.25) is 0 Å². The number of aromatic amines is 1. The Morgan fingerprint density at radius 3 is 2.48 bits per heavy atom. The number of nitrogens with zero attached hydrogens (tertiary/aromatic N) is 2. The fourth-order valence-electron chi connectivity index (χ4n) is 2.56. The number of nitrogens with one attached hydrogen (secondary N) is 2. The van der Waals surface area contributed by atoms with Crippen LogP contribution in [-0.2, 0) is 0 Å². The standard InChI is InChI=1S/C20H14N4O3/c25-18(16-12-13-4-1-2-5-17(13)24-19(16)26)23-14-6-8-15(9-7-14)27-20-21-10-3-11-22-20/h1-12H,(H,23,25)(H,24,26). The second kappa shape index (κ2) is 7.09. The summed E-state index contributed by atoms with van der Waals surface area (Å²) in [6.07, 6.45) is 3.16. The Kier molecular flexibility index (Phi) is 4.32. The normalized spacial score (nSPS) is 10.5. The molecule has 27 heavy (non-hydrogen) atoms. The van der Waals surface area contributed by atoms with E-state index >= 15 is 0 Å². The fraction of sp³-hybridized carbons (Fsp3) is 0. The van der Waals surface area contributed by atoms with Crippen LogP contribution in [-0.4, -0.2) is 20.9 Å². The second-order valence-electron chi connectivity index (χ2n) is 5.71. The van der Waals surface area contributed by atoms with Gasteiger partial charge < -0.3 is 15.0 Å². The van der Waals surface area contributed by atoms with E-state index in [2.05, 4.69) is 20.3 Å². The minimum Gasteiger partial charge on any atom is -0.424 e. The Hall–Kier alpha value is -4.00. The maximum Gasteiger partial charge on any atom is 0.321 e. The van der Waals surface area contributed by atoms with Gasteiger partial charge >= 0.3 is 6.01 Å². The van der Waals surface area contributed by atoms with Gasteiger partial charge in [-0.15, -0.1) is 0 Å². The summed E-state index contributed by atoms with van der Waals surface area (Å²) in [7, 11) is 0. The monoisotopic (exact) mass is 358 g/mol. The van der Waals surface area contributed by atoms with Gasteiger partial charge in [0.25, 0.3) is 11.5 Å². The second-order valence-corrected chi connectivity index (χ2v) is 5.71. The number of carbonyl (C=O) groups excluding carboxylic acids is 1. The van der Waals surface area contributed by atoms with Gasteiger partial charge in [-0.05, 0) is 47.9 Å². The Labute approximate surface area is 153 Å². The Balaban J connectivity index is 1.51. The van der Waals surface area contributed by atoms with Crippen LogP contribution in [0, 0.1) is 0 Å². The molecule has 2 heterocycles. The van der Waals surface area contributed by atoms with Crippen molar-refractivity contribution in [3.63, 3.8) is 0 Å². The number of amides is 1. The maximum atomic E-state index is 12.5. The number of hydrogen-bond donors (Lipinski definition) is 2. The average molecular weight is 358 g/mol.